The Labute approximate surface area is 357 Å². The fraction of sp³-hybridized carbons (Fsp3) is 0.255. The highest BCUT2D eigenvalue weighted by Crippen LogP contribution is 2.59. The number of amides is 2. The lowest BCUT2D eigenvalue weighted by Gasteiger charge is -2.53. The van der Waals surface area contributed by atoms with Gasteiger partial charge in [-0.2, -0.15) is 0 Å². The topological polar surface area (TPSA) is 141 Å². The van der Waals surface area contributed by atoms with Gasteiger partial charge in [0.05, 0.1) is 40.5 Å². The maximum absolute atomic E-state index is 16.7. The van der Waals surface area contributed by atoms with Crippen LogP contribution >= 0.6 is 0 Å². The number of hydrogen-bond acceptors (Lipinski definition) is 8. The molecule has 7 rings (SSSR count). The van der Waals surface area contributed by atoms with Gasteiger partial charge in [-0.1, -0.05) is 146 Å². The molecule has 1 saturated carbocycles. The lowest BCUT2D eigenvalue weighted by molar-refractivity contribution is -0.168. The number of carbonyl (C=O) groups excluding carboxylic acids is 2. The summed E-state index contributed by atoms with van der Waals surface area (Å²) in [4.78, 5) is 32.3. The molecule has 0 spiro atoms. The van der Waals surface area contributed by atoms with Crippen molar-refractivity contribution in [3.05, 3.63) is 191 Å². The molecule has 0 saturated heterocycles. The SMILES string of the molecule is COc1ccccc1C(O)(c1ccccc1OC)[C@@H](c1ccccc1)N(C(=O)C1(C(N)=O)CCCC1)[C@H](c1ccccc1)C(O)(c1ccccc1OC)c1ccccc1OC. The fourth-order valence-corrected chi connectivity index (χ4v) is 9.37. The van der Waals surface area contributed by atoms with E-state index in [1.165, 1.54) is 33.3 Å². The Bertz CT molecular complexity index is 2210. The molecule has 6 aromatic carbocycles. The van der Waals surface area contributed by atoms with Gasteiger partial charge in [0, 0.05) is 22.3 Å². The highest BCUT2D eigenvalue weighted by Gasteiger charge is 2.61. The zero-order chi connectivity index (χ0) is 43.2. The van der Waals surface area contributed by atoms with Crippen LogP contribution in [0.1, 0.15) is 71.1 Å². The van der Waals surface area contributed by atoms with Gasteiger partial charge in [0.2, 0.25) is 11.8 Å². The smallest absolute Gasteiger partial charge is 0.239 e. The van der Waals surface area contributed by atoms with Gasteiger partial charge in [-0.25, -0.2) is 0 Å². The number of rotatable bonds is 16. The van der Waals surface area contributed by atoms with Gasteiger partial charge in [-0.15, -0.1) is 0 Å². The average Bonchev–Trinajstić information content (AvgIpc) is 3.83. The summed E-state index contributed by atoms with van der Waals surface area (Å²) in [5.41, 5.74) is 2.27. The summed E-state index contributed by atoms with van der Waals surface area (Å²) in [6.07, 6.45) is 1.43. The van der Waals surface area contributed by atoms with E-state index in [0.29, 0.717) is 47.0 Å². The first-order valence-electron chi connectivity index (χ1n) is 20.3. The quantitative estimate of drug-likeness (QED) is 0.0830. The third-order valence-electron chi connectivity index (χ3n) is 12.2. The lowest BCUT2D eigenvalue weighted by Crippen LogP contribution is -2.59. The van der Waals surface area contributed by atoms with E-state index in [-0.39, 0.29) is 35.1 Å². The molecule has 6 aromatic rings. The first-order chi connectivity index (χ1) is 29.6. The highest BCUT2D eigenvalue weighted by molar-refractivity contribution is 6.05. The van der Waals surface area contributed by atoms with Crippen molar-refractivity contribution in [3.8, 4) is 23.0 Å². The third-order valence-corrected chi connectivity index (χ3v) is 12.2. The zero-order valence-electron chi connectivity index (χ0n) is 34.9. The van der Waals surface area contributed by atoms with Crippen LogP contribution in [0, 0.1) is 5.41 Å². The van der Waals surface area contributed by atoms with Crippen molar-refractivity contribution in [2.45, 2.75) is 49.0 Å². The fourth-order valence-electron chi connectivity index (χ4n) is 9.37. The van der Waals surface area contributed by atoms with Gasteiger partial charge >= 0.3 is 0 Å². The van der Waals surface area contributed by atoms with Crippen LogP contribution in [-0.2, 0) is 20.8 Å². The second-order valence-electron chi connectivity index (χ2n) is 15.3. The van der Waals surface area contributed by atoms with Gasteiger partial charge in [-0.05, 0) is 48.2 Å². The van der Waals surface area contributed by atoms with E-state index < -0.39 is 40.5 Å². The number of primary amides is 1. The highest BCUT2D eigenvalue weighted by atomic mass is 16.5. The van der Waals surface area contributed by atoms with Crippen molar-refractivity contribution in [3.63, 3.8) is 0 Å². The molecule has 1 aliphatic rings. The number of nitrogens with zero attached hydrogens (tertiary/aromatic N) is 1. The van der Waals surface area contributed by atoms with Crippen molar-refractivity contribution in [2.24, 2.45) is 11.1 Å². The molecule has 1 fully saturated rings. The van der Waals surface area contributed by atoms with E-state index in [1.807, 2.05) is 60.7 Å². The summed E-state index contributed by atoms with van der Waals surface area (Å²) in [6, 6.07) is 43.5. The molecule has 0 heterocycles. The first-order valence-corrected chi connectivity index (χ1v) is 20.3. The van der Waals surface area contributed by atoms with Crippen molar-refractivity contribution < 1.29 is 38.7 Å². The minimum Gasteiger partial charge on any atom is -0.496 e. The Hall–Kier alpha value is -6.62. The van der Waals surface area contributed by atoms with Crippen molar-refractivity contribution in [2.75, 3.05) is 28.4 Å². The molecule has 0 bridgehead atoms. The molecule has 10 nitrogen and oxygen atoms in total. The summed E-state index contributed by atoms with van der Waals surface area (Å²) in [5.74, 6) is -0.209. The van der Waals surface area contributed by atoms with Crippen LogP contribution in [-0.4, -0.2) is 55.4 Å². The van der Waals surface area contributed by atoms with Gasteiger partial charge in [0.1, 0.15) is 39.6 Å². The number of aliphatic hydroxyl groups is 2. The summed E-state index contributed by atoms with van der Waals surface area (Å²) < 4.78 is 24.1. The Kier molecular flexibility index (Phi) is 12.5. The molecule has 61 heavy (non-hydrogen) atoms. The summed E-state index contributed by atoms with van der Waals surface area (Å²) in [5, 5.41) is 29.0. The number of hydrogen-bond donors (Lipinski definition) is 3. The van der Waals surface area contributed by atoms with Crippen LogP contribution in [0.15, 0.2) is 158 Å². The molecule has 2 amide bonds. The normalized spacial score (nSPS) is 14.7. The molecule has 0 aliphatic heterocycles. The number of ether oxygens (including phenoxy) is 4. The first kappa shape index (κ1) is 42.5. The van der Waals surface area contributed by atoms with Crippen molar-refractivity contribution in [1.82, 2.24) is 4.90 Å². The Balaban J connectivity index is 1.74. The van der Waals surface area contributed by atoms with Crippen LogP contribution in [0.2, 0.25) is 0 Å². The maximum Gasteiger partial charge on any atom is 0.239 e. The van der Waals surface area contributed by atoms with E-state index in [4.69, 9.17) is 24.7 Å². The van der Waals surface area contributed by atoms with Gasteiger partial charge in [-0.3, -0.25) is 9.59 Å². The van der Waals surface area contributed by atoms with Gasteiger partial charge < -0.3 is 39.8 Å². The molecule has 1 aliphatic carbocycles. The van der Waals surface area contributed by atoms with Crippen molar-refractivity contribution >= 4 is 11.8 Å². The monoisotopic (exact) mass is 820 g/mol. The largest absolute Gasteiger partial charge is 0.496 e. The Morgan fingerprint density at radius 1 is 0.508 bits per heavy atom. The number of carbonyl (C=O) groups is 2. The average molecular weight is 821 g/mol. The molecule has 0 unspecified atom stereocenters. The number of para-hydroxylation sites is 4. The number of methoxy groups -OCH3 is 4. The molecule has 0 radical (unpaired) electrons. The summed E-state index contributed by atoms with van der Waals surface area (Å²) in [6.45, 7) is 0. The second kappa shape index (κ2) is 17.9. The van der Waals surface area contributed by atoms with Gasteiger partial charge in [0.25, 0.3) is 0 Å². The van der Waals surface area contributed by atoms with E-state index >= 15 is 4.79 Å². The maximum atomic E-state index is 16.7. The second-order valence-corrected chi connectivity index (χ2v) is 15.3. The molecule has 4 N–H and O–H groups in total. The zero-order valence-corrected chi connectivity index (χ0v) is 34.9. The van der Waals surface area contributed by atoms with Crippen LogP contribution < -0.4 is 24.7 Å². The van der Waals surface area contributed by atoms with E-state index in [1.54, 1.807) is 97.1 Å². The van der Waals surface area contributed by atoms with Gasteiger partial charge in [0.15, 0.2) is 0 Å². The van der Waals surface area contributed by atoms with Crippen LogP contribution in [0.25, 0.3) is 0 Å². The minimum absolute atomic E-state index is 0.157. The Morgan fingerprint density at radius 3 is 1.07 bits per heavy atom. The van der Waals surface area contributed by atoms with E-state index in [0.717, 1.165) is 0 Å². The minimum atomic E-state index is -2.25. The van der Waals surface area contributed by atoms with Crippen LogP contribution in [0.3, 0.4) is 0 Å². The van der Waals surface area contributed by atoms with E-state index in [2.05, 4.69) is 0 Å². The Morgan fingerprint density at radius 2 is 0.787 bits per heavy atom. The predicted molar refractivity (Wildman–Crippen MR) is 233 cm³/mol. The summed E-state index contributed by atoms with van der Waals surface area (Å²) >= 11 is 0. The molecular weight excluding hydrogens is 769 g/mol. The van der Waals surface area contributed by atoms with Crippen LogP contribution in [0.5, 0.6) is 23.0 Å². The van der Waals surface area contributed by atoms with Crippen molar-refractivity contribution in [1.29, 1.82) is 0 Å². The third kappa shape index (κ3) is 7.36. The standard InChI is InChI=1S/C51H52N2O8/c1-58-41-29-15-11-25-37(41)50(56,38-26-12-16-30-42(38)59-2)45(35-21-7-5-8-22-35)53(48(55)49(47(52)54)33-19-20-34-49)46(36-23-9-6-10-24-36)51(57,39-27-13-17-31-43(39)60-3)40-28-14-18-32-44(40)61-4/h5-18,21-32,45-46,56-57H,19-20,33-34H2,1-4H3,(H2,52,54)/t45-,46-/m1/s1. The molecule has 0 aromatic heterocycles. The molecule has 10 heteroatoms. The molecule has 314 valence electrons. The summed E-state index contributed by atoms with van der Waals surface area (Å²) in [7, 11) is 6.05. The predicted octanol–water partition coefficient (Wildman–Crippen LogP) is 8.25. The molecule has 2 atom stereocenters. The van der Waals surface area contributed by atoms with Crippen LogP contribution in [0.4, 0.5) is 0 Å². The number of nitrogens with two attached hydrogens (primary N) is 1. The number of benzene rings is 6. The van der Waals surface area contributed by atoms with E-state index in [9.17, 15) is 15.0 Å². The molecular formula is C51H52N2O8. The lowest BCUT2D eigenvalue weighted by atomic mass is 9.70.